The number of aromatic nitrogens is 1. The molecule has 15 heavy (non-hydrogen) atoms. The van der Waals surface area contributed by atoms with Gasteiger partial charge in [-0.05, 0) is 12.1 Å². The van der Waals surface area contributed by atoms with Crippen molar-refractivity contribution in [2.24, 2.45) is 11.5 Å². The molecular weight excluding hydrogens is 212 g/mol. The van der Waals surface area contributed by atoms with Crippen LogP contribution in [0.4, 0.5) is 5.82 Å². The zero-order valence-corrected chi connectivity index (χ0v) is 8.88. The zero-order chi connectivity index (χ0) is 11.3. The molecule has 0 aliphatic carbocycles. The van der Waals surface area contributed by atoms with Gasteiger partial charge in [-0.25, -0.2) is 4.98 Å². The molecule has 0 spiro atoms. The highest BCUT2D eigenvalue weighted by atomic mass is 32.1. The highest BCUT2D eigenvalue weighted by Crippen LogP contribution is 2.06. The van der Waals surface area contributed by atoms with Gasteiger partial charge in [0.2, 0.25) is 5.91 Å². The van der Waals surface area contributed by atoms with Gasteiger partial charge in [-0.1, -0.05) is 12.2 Å². The molecule has 1 amide bonds. The van der Waals surface area contributed by atoms with Gasteiger partial charge in [-0.2, -0.15) is 0 Å². The molecule has 0 fully saturated rings. The van der Waals surface area contributed by atoms with E-state index in [0.29, 0.717) is 17.4 Å². The minimum Gasteiger partial charge on any atom is -0.389 e. The number of anilines is 1. The van der Waals surface area contributed by atoms with E-state index in [1.165, 1.54) is 0 Å². The summed E-state index contributed by atoms with van der Waals surface area (Å²) in [5, 5.41) is 2.94. The van der Waals surface area contributed by atoms with Crippen LogP contribution in [0.25, 0.3) is 0 Å². The Bertz CT molecular complexity index is 380. The van der Waals surface area contributed by atoms with Gasteiger partial charge in [0.05, 0.1) is 0 Å². The maximum Gasteiger partial charge on any atom is 0.219 e. The third-order valence-corrected chi connectivity index (χ3v) is 1.96. The summed E-state index contributed by atoms with van der Waals surface area (Å²) in [5.41, 5.74) is 11.2. The van der Waals surface area contributed by atoms with Gasteiger partial charge < -0.3 is 16.8 Å². The van der Waals surface area contributed by atoms with Crippen molar-refractivity contribution in [1.29, 1.82) is 0 Å². The monoisotopic (exact) mass is 224 g/mol. The van der Waals surface area contributed by atoms with Crippen LogP contribution in [0.2, 0.25) is 0 Å². The van der Waals surface area contributed by atoms with Crippen molar-refractivity contribution >= 4 is 28.9 Å². The third kappa shape index (κ3) is 3.90. The van der Waals surface area contributed by atoms with Crippen LogP contribution in [-0.4, -0.2) is 22.4 Å². The largest absolute Gasteiger partial charge is 0.389 e. The fourth-order valence-corrected chi connectivity index (χ4v) is 1.12. The number of nitrogens with two attached hydrogens (primary N) is 2. The summed E-state index contributed by atoms with van der Waals surface area (Å²) < 4.78 is 0. The van der Waals surface area contributed by atoms with E-state index in [0.717, 1.165) is 5.56 Å². The second kappa shape index (κ2) is 5.26. The highest BCUT2D eigenvalue weighted by Gasteiger charge is 1.99. The van der Waals surface area contributed by atoms with Crippen molar-refractivity contribution in [2.45, 2.75) is 6.42 Å². The Morgan fingerprint density at radius 1 is 1.53 bits per heavy atom. The van der Waals surface area contributed by atoms with Gasteiger partial charge in [0.25, 0.3) is 0 Å². The number of hydrogen-bond donors (Lipinski definition) is 3. The summed E-state index contributed by atoms with van der Waals surface area (Å²) in [6, 6.07) is 3.45. The van der Waals surface area contributed by atoms with Crippen LogP contribution >= 0.6 is 12.2 Å². The number of carbonyl (C=O) groups is 1. The van der Waals surface area contributed by atoms with Gasteiger partial charge in [0, 0.05) is 24.7 Å². The molecule has 0 aliphatic rings. The number of pyridine rings is 1. The molecule has 1 rings (SSSR count). The number of primary amides is 1. The maximum atomic E-state index is 10.5. The van der Waals surface area contributed by atoms with Crippen molar-refractivity contribution in [3.63, 3.8) is 0 Å². The molecule has 0 saturated carbocycles. The van der Waals surface area contributed by atoms with Crippen LogP contribution in [-0.2, 0) is 4.79 Å². The standard InChI is InChI=1S/C9H12N4OS/c10-7(14)2-4-13-8-5-6(9(11)15)1-3-12-8/h1,3,5H,2,4H2,(H2,10,14)(H2,11,15)(H,12,13). The first-order valence-corrected chi connectivity index (χ1v) is 4.78. The van der Waals surface area contributed by atoms with E-state index in [2.05, 4.69) is 10.3 Å². The molecule has 1 aromatic heterocycles. The number of thiocarbonyl (C=S) groups is 1. The van der Waals surface area contributed by atoms with Crippen molar-refractivity contribution < 1.29 is 4.79 Å². The lowest BCUT2D eigenvalue weighted by molar-refractivity contribution is -0.117. The SMILES string of the molecule is NC(=O)CCNc1cc(C(N)=S)ccn1. The van der Waals surface area contributed by atoms with E-state index >= 15 is 0 Å². The van der Waals surface area contributed by atoms with Crippen LogP contribution in [0.15, 0.2) is 18.3 Å². The van der Waals surface area contributed by atoms with Crippen LogP contribution in [0.3, 0.4) is 0 Å². The summed E-state index contributed by atoms with van der Waals surface area (Å²) in [5.74, 6) is 0.273. The summed E-state index contributed by atoms with van der Waals surface area (Å²) in [6.45, 7) is 0.448. The van der Waals surface area contributed by atoms with Crippen molar-refractivity contribution in [1.82, 2.24) is 4.98 Å². The number of carbonyl (C=O) groups excluding carboxylic acids is 1. The molecular formula is C9H12N4OS. The number of nitrogens with zero attached hydrogens (tertiary/aromatic N) is 1. The van der Waals surface area contributed by atoms with E-state index in [1.54, 1.807) is 18.3 Å². The van der Waals surface area contributed by atoms with Crippen LogP contribution in [0.1, 0.15) is 12.0 Å². The second-order valence-corrected chi connectivity index (χ2v) is 3.38. The number of amides is 1. The van der Waals surface area contributed by atoms with Gasteiger partial charge in [0.15, 0.2) is 0 Å². The predicted molar refractivity (Wildman–Crippen MR) is 62.4 cm³/mol. The number of rotatable bonds is 5. The Morgan fingerprint density at radius 3 is 2.87 bits per heavy atom. The smallest absolute Gasteiger partial charge is 0.219 e. The maximum absolute atomic E-state index is 10.5. The molecule has 0 bridgehead atoms. The number of nitrogens with one attached hydrogen (secondary N) is 1. The van der Waals surface area contributed by atoms with Crippen molar-refractivity contribution in [3.05, 3.63) is 23.9 Å². The van der Waals surface area contributed by atoms with Gasteiger partial charge in [-0.3, -0.25) is 4.79 Å². The summed E-state index contributed by atoms with van der Waals surface area (Å²) in [4.78, 5) is 14.8. The quantitative estimate of drug-likeness (QED) is 0.612. The van der Waals surface area contributed by atoms with Crippen molar-refractivity contribution in [3.8, 4) is 0 Å². The Labute approximate surface area is 92.9 Å². The van der Waals surface area contributed by atoms with Crippen LogP contribution in [0.5, 0.6) is 0 Å². The Balaban J connectivity index is 2.58. The molecule has 5 nitrogen and oxygen atoms in total. The lowest BCUT2D eigenvalue weighted by atomic mass is 10.2. The van der Waals surface area contributed by atoms with Gasteiger partial charge in [0.1, 0.15) is 10.8 Å². The zero-order valence-electron chi connectivity index (χ0n) is 8.06. The Kier molecular flexibility index (Phi) is 3.99. The summed E-state index contributed by atoms with van der Waals surface area (Å²) in [6.07, 6.45) is 1.86. The first kappa shape index (κ1) is 11.4. The fraction of sp³-hybridized carbons (Fsp3) is 0.222. The first-order valence-electron chi connectivity index (χ1n) is 4.37. The van der Waals surface area contributed by atoms with Crippen LogP contribution < -0.4 is 16.8 Å². The second-order valence-electron chi connectivity index (χ2n) is 2.94. The van der Waals surface area contributed by atoms with E-state index in [4.69, 9.17) is 23.7 Å². The van der Waals surface area contributed by atoms with E-state index in [9.17, 15) is 4.79 Å². The molecule has 0 aliphatic heterocycles. The molecule has 0 radical (unpaired) electrons. The molecule has 80 valence electrons. The summed E-state index contributed by atoms with van der Waals surface area (Å²) in [7, 11) is 0. The topological polar surface area (TPSA) is 94.0 Å². The molecule has 0 atom stereocenters. The molecule has 1 heterocycles. The van der Waals surface area contributed by atoms with Gasteiger partial charge in [-0.15, -0.1) is 0 Å². The Hall–Kier alpha value is -1.69. The Morgan fingerprint density at radius 2 is 2.27 bits per heavy atom. The molecule has 1 aromatic rings. The first-order chi connectivity index (χ1) is 7.09. The third-order valence-electron chi connectivity index (χ3n) is 1.72. The lowest BCUT2D eigenvalue weighted by Gasteiger charge is -2.05. The van der Waals surface area contributed by atoms with E-state index < -0.39 is 0 Å². The normalized spacial score (nSPS) is 9.60. The average Bonchev–Trinajstić information content (AvgIpc) is 2.17. The summed E-state index contributed by atoms with van der Waals surface area (Å²) >= 11 is 4.82. The molecule has 0 aromatic carbocycles. The highest BCUT2D eigenvalue weighted by molar-refractivity contribution is 7.80. The van der Waals surface area contributed by atoms with Crippen LogP contribution in [0, 0.1) is 0 Å². The molecule has 0 saturated heterocycles. The van der Waals surface area contributed by atoms with Crippen molar-refractivity contribution in [2.75, 3.05) is 11.9 Å². The number of hydrogen-bond acceptors (Lipinski definition) is 4. The minimum atomic E-state index is -0.354. The van der Waals surface area contributed by atoms with E-state index in [-0.39, 0.29) is 12.3 Å². The van der Waals surface area contributed by atoms with E-state index in [1.807, 2.05) is 0 Å². The molecule has 6 heteroatoms. The predicted octanol–water partition coefficient (Wildman–Crippen LogP) is 0.00310. The average molecular weight is 224 g/mol. The fourth-order valence-electron chi connectivity index (χ4n) is 0.994. The van der Waals surface area contributed by atoms with Gasteiger partial charge >= 0.3 is 0 Å². The molecule has 0 unspecified atom stereocenters. The lowest BCUT2D eigenvalue weighted by Crippen LogP contribution is -2.16. The molecule has 5 N–H and O–H groups in total. The minimum absolute atomic E-state index is 0.263.